The summed E-state index contributed by atoms with van der Waals surface area (Å²) < 4.78 is 5.27. The number of hydrogen-bond acceptors (Lipinski definition) is 4. The van der Waals surface area contributed by atoms with Gasteiger partial charge in [0, 0.05) is 44.0 Å². The molecule has 0 atom stereocenters. The van der Waals surface area contributed by atoms with Gasteiger partial charge in [-0.25, -0.2) is 0 Å². The molecule has 1 aromatic heterocycles. The minimum atomic E-state index is 0.282. The van der Waals surface area contributed by atoms with Crippen molar-refractivity contribution in [2.75, 3.05) is 20.1 Å². The maximum Gasteiger partial charge on any atom is 0.226 e. The summed E-state index contributed by atoms with van der Waals surface area (Å²) in [5, 5.41) is 8.08. The molecule has 0 spiro atoms. The summed E-state index contributed by atoms with van der Waals surface area (Å²) >= 11 is 6.26. The van der Waals surface area contributed by atoms with E-state index in [-0.39, 0.29) is 5.92 Å². The van der Waals surface area contributed by atoms with Crippen LogP contribution in [0.4, 0.5) is 0 Å². The molecule has 0 aliphatic carbocycles. The molecule has 1 aromatic carbocycles. The normalized spacial score (nSPS) is 11.8. The lowest BCUT2D eigenvalue weighted by Crippen LogP contribution is -2.38. The highest BCUT2D eigenvalue weighted by Gasteiger charge is 2.10. The number of halogens is 1. The van der Waals surface area contributed by atoms with E-state index in [1.165, 1.54) is 0 Å². The van der Waals surface area contributed by atoms with Crippen LogP contribution in [0.5, 0.6) is 0 Å². The number of nitrogens with zero attached hydrogens (tertiary/aromatic N) is 4. The molecular weight excluding hydrogens is 350 g/mol. The third-order valence-corrected chi connectivity index (χ3v) is 4.24. The minimum Gasteiger partial charge on any atom is -0.357 e. The van der Waals surface area contributed by atoms with E-state index in [0.29, 0.717) is 19.0 Å². The van der Waals surface area contributed by atoms with Gasteiger partial charge in [-0.15, -0.1) is 0 Å². The van der Waals surface area contributed by atoms with E-state index >= 15 is 0 Å². The number of benzene rings is 1. The van der Waals surface area contributed by atoms with E-state index in [2.05, 4.69) is 41.1 Å². The van der Waals surface area contributed by atoms with Gasteiger partial charge in [0.15, 0.2) is 11.8 Å². The number of hydrogen-bond donors (Lipinski definition) is 1. The lowest BCUT2D eigenvalue weighted by Gasteiger charge is -2.22. The van der Waals surface area contributed by atoms with Crippen molar-refractivity contribution in [3.63, 3.8) is 0 Å². The summed E-state index contributed by atoms with van der Waals surface area (Å²) in [6, 6.07) is 7.87. The maximum atomic E-state index is 6.26. The molecule has 1 N–H and O–H groups in total. The van der Waals surface area contributed by atoms with Crippen molar-refractivity contribution in [2.24, 2.45) is 4.99 Å². The Kier molecular flexibility index (Phi) is 7.91. The predicted molar refractivity (Wildman–Crippen MR) is 106 cm³/mol. The van der Waals surface area contributed by atoms with E-state index in [1.54, 1.807) is 0 Å². The van der Waals surface area contributed by atoms with Crippen LogP contribution in [-0.4, -0.2) is 41.1 Å². The second kappa shape index (κ2) is 10.2. The Bertz CT molecular complexity index is 713. The summed E-state index contributed by atoms with van der Waals surface area (Å²) in [5.41, 5.74) is 1.08. The number of aliphatic imine (C=N–C) groups is 1. The second-order valence-electron chi connectivity index (χ2n) is 6.49. The van der Waals surface area contributed by atoms with Gasteiger partial charge in [-0.2, -0.15) is 4.98 Å². The number of nitrogens with one attached hydrogen (secondary N) is 1. The number of guanidine groups is 1. The lowest BCUT2D eigenvalue weighted by atomic mass is 10.2. The van der Waals surface area contributed by atoms with Crippen LogP contribution in [0.1, 0.15) is 50.4 Å². The monoisotopic (exact) mass is 377 g/mol. The van der Waals surface area contributed by atoms with Crippen molar-refractivity contribution in [3.05, 3.63) is 46.6 Å². The summed E-state index contributed by atoms with van der Waals surface area (Å²) in [6.45, 7) is 8.37. The average molecular weight is 378 g/mol. The first-order valence-corrected chi connectivity index (χ1v) is 9.44. The van der Waals surface area contributed by atoms with Crippen molar-refractivity contribution in [1.29, 1.82) is 0 Å². The molecule has 0 bridgehead atoms. The van der Waals surface area contributed by atoms with Crippen LogP contribution in [-0.2, 0) is 13.0 Å². The number of rotatable bonds is 8. The first-order chi connectivity index (χ1) is 12.5. The number of aromatic nitrogens is 2. The molecule has 142 valence electrons. The average Bonchev–Trinajstić information content (AvgIpc) is 3.09. The Morgan fingerprint density at radius 1 is 1.35 bits per heavy atom. The Hall–Kier alpha value is -2.08. The van der Waals surface area contributed by atoms with Crippen LogP contribution < -0.4 is 5.32 Å². The van der Waals surface area contributed by atoms with Crippen LogP contribution in [0.2, 0.25) is 5.02 Å². The van der Waals surface area contributed by atoms with Gasteiger partial charge in [0.1, 0.15) is 0 Å². The molecule has 0 unspecified atom stereocenters. The van der Waals surface area contributed by atoms with Gasteiger partial charge in [-0.05, 0) is 25.0 Å². The van der Waals surface area contributed by atoms with E-state index in [1.807, 2.05) is 31.3 Å². The zero-order valence-corrected chi connectivity index (χ0v) is 16.8. The van der Waals surface area contributed by atoms with E-state index in [0.717, 1.165) is 41.8 Å². The Labute approximate surface area is 160 Å². The molecular formula is C19H28ClN5O. The topological polar surface area (TPSA) is 66.5 Å². The molecule has 0 amide bonds. The summed E-state index contributed by atoms with van der Waals surface area (Å²) in [5.74, 6) is 2.58. The highest BCUT2D eigenvalue weighted by Crippen LogP contribution is 2.16. The van der Waals surface area contributed by atoms with Crippen LogP contribution in [0.3, 0.4) is 0 Å². The smallest absolute Gasteiger partial charge is 0.226 e. The molecule has 2 aromatic rings. The largest absolute Gasteiger partial charge is 0.357 e. The molecule has 0 aliphatic rings. The Morgan fingerprint density at radius 3 is 2.77 bits per heavy atom. The van der Waals surface area contributed by atoms with Gasteiger partial charge in [0.2, 0.25) is 5.89 Å². The molecule has 1 heterocycles. The SMILES string of the molecule is CCNC(=NCCCc1nc(C(C)C)no1)N(C)Cc1ccccc1Cl. The molecule has 6 nitrogen and oxygen atoms in total. The molecule has 0 saturated carbocycles. The molecule has 7 heteroatoms. The van der Waals surface area contributed by atoms with Gasteiger partial charge in [0.25, 0.3) is 0 Å². The van der Waals surface area contributed by atoms with E-state index in [9.17, 15) is 0 Å². The second-order valence-corrected chi connectivity index (χ2v) is 6.89. The number of aryl methyl sites for hydroxylation is 1. The third-order valence-electron chi connectivity index (χ3n) is 3.87. The van der Waals surface area contributed by atoms with Gasteiger partial charge >= 0.3 is 0 Å². The molecule has 0 aliphatic heterocycles. The first-order valence-electron chi connectivity index (χ1n) is 9.06. The van der Waals surface area contributed by atoms with Crippen LogP contribution >= 0.6 is 11.6 Å². The fourth-order valence-corrected chi connectivity index (χ4v) is 2.64. The Morgan fingerprint density at radius 2 is 2.12 bits per heavy atom. The highest BCUT2D eigenvalue weighted by molar-refractivity contribution is 6.31. The molecule has 26 heavy (non-hydrogen) atoms. The molecule has 0 radical (unpaired) electrons. The summed E-state index contributed by atoms with van der Waals surface area (Å²) in [4.78, 5) is 11.2. The van der Waals surface area contributed by atoms with Crippen molar-refractivity contribution < 1.29 is 4.52 Å². The zero-order valence-electron chi connectivity index (χ0n) is 16.0. The molecule has 0 saturated heterocycles. The first kappa shape index (κ1) is 20.2. The fourth-order valence-electron chi connectivity index (χ4n) is 2.45. The van der Waals surface area contributed by atoms with Gasteiger partial charge in [-0.1, -0.05) is 48.8 Å². The standard InChI is InChI=1S/C19H28ClN5O/c1-5-21-19(25(4)13-15-9-6-7-10-16(15)20)22-12-8-11-17-23-18(14(2)3)24-26-17/h6-7,9-10,14H,5,8,11-13H2,1-4H3,(H,21,22). The van der Waals surface area contributed by atoms with Crippen molar-refractivity contribution in [1.82, 2.24) is 20.4 Å². The van der Waals surface area contributed by atoms with E-state index < -0.39 is 0 Å². The maximum absolute atomic E-state index is 6.26. The van der Waals surface area contributed by atoms with Crippen LogP contribution in [0.25, 0.3) is 0 Å². The predicted octanol–water partition coefficient (Wildman–Crippen LogP) is 3.88. The van der Waals surface area contributed by atoms with Crippen molar-refractivity contribution >= 4 is 17.6 Å². The Balaban J connectivity index is 1.89. The van der Waals surface area contributed by atoms with Crippen LogP contribution in [0.15, 0.2) is 33.8 Å². The quantitative estimate of drug-likeness (QED) is 0.429. The third kappa shape index (κ3) is 6.02. The fraction of sp³-hybridized carbons (Fsp3) is 0.526. The van der Waals surface area contributed by atoms with Gasteiger partial charge in [-0.3, -0.25) is 4.99 Å². The minimum absolute atomic E-state index is 0.282. The van der Waals surface area contributed by atoms with E-state index in [4.69, 9.17) is 21.1 Å². The van der Waals surface area contributed by atoms with Gasteiger partial charge < -0.3 is 14.7 Å². The molecule has 2 rings (SSSR count). The lowest BCUT2D eigenvalue weighted by molar-refractivity contribution is 0.369. The van der Waals surface area contributed by atoms with Crippen LogP contribution in [0, 0.1) is 0 Å². The van der Waals surface area contributed by atoms with Crippen molar-refractivity contribution in [2.45, 2.75) is 46.1 Å². The summed E-state index contributed by atoms with van der Waals surface area (Å²) in [6.07, 6.45) is 1.59. The summed E-state index contributed by atoms with van der Waals surface area (Å²) in [7, 11) is 2.01. The zero-order chi connectivity index (χ0) is 18.9. The van der Waals surface area contributed by atoms with Gasteiger partial charge in [0.05, 0.1) is 0 Å². The highest BCUT2D eigenvalue weighted by atomic mass is 35.5. The molecule has 0 fully saturated rings. The van der Waals surface area contributed by atoms with Crippen molar-refractivity contribution in [3.8, 4) is 0 Å².